The third kappa shape index (κ3) is 2.40. The van der Waals surface area contributed by atoms with Gasteiger partial charge in [-0.05, 0) is 37.0 Å². The van der Waals surface area contributed by atoms with Crippen molar-refractivity contribution in [1.82, 2.24) is 9.13 Å². The smallest absolute Gasteiger partial charge is 0.299 e. The van der Waals surface area contributed by atoms with E-state index in [1.165, 1.54) is 16.7 Å². The first-order valence-electron chi connectivity index (χ1n) is 6.44. The first-order valence-corrected chi connectivity index (χ1v) is 6.44. The number of aromatic nitrogens is 2. The van der Waals surface area contributed by atoms with Gasteiger partial charge < -0.3 is 0 Å². The van der Waals surface area contributed by atoms with Crippen molar-refractivity contribution in [2.45, 2.75) is 40.3 Å². The van der Waals surface area contributed by atoms with E-state index in [2.05, 4.69) is 39.0 Å². The summed E-state index contributed by atoms with van der Waals surface area (Å²) < 4.78 is 3.55. The van der Waals surface area contributed by atoms with Crippen molar-refractivity contribution in [3.8, 4) is 0 Å². The quantitative estimate of drug-likeness (QED) is 0.812. The first kappa shape index (κ1) is 12.7. The number of hydrogen-bond acceptors (Lipinski definition) is 1. The van der Waals surface area contributed by atoms with Gasteiger partial charge in [0.25, 0.3) is 0 Å². The maximum absolute atomic E-state index is 12.1. The topological polar surface area (TPSA) is 26.9 Å². The number of aryl methyl sites for hydroxylation is 3. The van der Waals surface area contributed by atoms with E-state index in [4.69, 9.17) is 0 Å². The molecule has 0 saturated heterocycles. The van der Waals surface area contributed by atoms with Crippen LogP contribution in [0.4, 0.5) is 0 Å². The van der Waals surface area contributed by atoms with Gasteiger partial charge in [-0.15, -0.1) is 0 Å². The summed E-state index contributed by atoms with van der Waals surface area (Å²) in [5.74, 6) is 0. The standard InChI is InChI=1S/C15H20N2O/c1-4-8-16-9-10-17(15(16)18)11-14-12(2)6-5-7-13(14)3/h5-7,9-10H,4,8,11H2,1-3H3. The van der Waals surface area contributed by atoms with E-state index in [0.29, 0.717) is 6.54 Å². The Balaban J connectivity index is 2.32. The summed E-state index contributed by atoms with van der Waals surface area (Å²) in [6, 6.07) is 6.24. The first-order chi connectivity index (χ1) is 8.63. The molecule has 0 fully saturated rings. The number of nitrogens with zero attached hydrogens (tertiary/aromatic N) is 2. The highest BCUT2D eigenvalue weighted by molar-refractivity contribution is 5.33. The predicted octanol–water partition coefficient (Wildman–Crippen LogP) is 2.72. The van der Waals surface area contributed by atoms with Crippen LogP contribution in [0, 0.1) is 13.8 Å². The number of imidazole rings is 1. The van der Waals surface area contributed by atoms with Crippen LogP contribution in [0.3, 0.4) is 0 Å². The molecular formula is C15H20N2O. The molecule has 0 spiro atoms. The Hall–Kier alpha value is -1.77. The fourth-order valence-electron chi connectivity index (χ4n) is 2.25. The molecule has 0 aliphatic carbocycles. The Morgan fingerprint density at radius 2 is 1.67 bits per heavy atom. The monoisotopic (exact) mass is 244 g/mol. The molecular weight excluding hydrogens is 224 g/mol. The zero-order chi connectivity index (χ0) is 13.1. The minimum Gasteiger partial charge on any atom is -0.299 e. The Morgan fingerprint density at radius 1 is 1.06 bits per heavy atom. The molecule has 18 heavy (non-hydrogen) atoms. The van der Waals surface area contributed by atoms with E-state index in [1.54, 1.807) is 9.13 Å². The van der Waals surface area contributed by atoms with E-state index in [-0.39, 0.29) is 5.69 Å². The van der Waals surface area contributed by atoms with Crippen LogP contribution in [-0.2, 0) is 13.1 Å². The second kappa shape index (κ2) is 5.25. The Labute approximate surface area is 108 Å². The average molecular weight is 244 g/mol. The van der Waals surface area contributed by atoms with Gasteiger partial charge in [0.05, 0.1) is 6.54 Å². The van der Waals surface area contributed by atoms with Crippen LogP contribution in [0.25, 0.3) is 0 Å². The Kier molecular flexibility index (Phi) is 3.70. The van der Waals surface area contributed by atoms with Crippen molar-refractivity contribution >= 4 is 0 Å². The van der Waals surface area contributed by atoms with Gasteiger partial charge in [-0.2, -0.15) is 0 Å². The minimum atomic E-state index is 0.0829. The van der Waals surface area contributed by atoms with Crippen molar-refractivity contribution in [2.24, 2.45) is 0 Å². The lowest BCUT2D eigenvalue weighted by Gasteiger charge is -2.09. The summed E-state index contributed by atoms with van der Waals surface area (Å²) in [7, 11) is 0. The molecule has 1 heterocycles. The highest BCUT2D eigenvalue weighted by Crippen LogP contribution is 2.14. The van der Waals surface area contributed by atoms with Crippen LogP contribution in [0.1, 0.15) is 30.0 Å². The van der Waals surface area contributed by atoms with Crippen molar-refractivity contribution in [2.75, 3.05) is 0 Å². The largest absolute Gasteiger partial charge is 0.328 e. The second-order valence-electron chi connectivity index (χ2n) is 4.77. The molecule has 2 aromatic rings. The molecule has 1 aromatic heterocycles. The maximum Gasteiger partial charge on any atom is 0.328 e. The Morgan fingerprint density at radius 3 is 2.28 bits per heavy atom. The average Bonchev–Trinajstić information content (AvgIpc) is 2.67. The highest BCUT2D eigenvalue weighted by atomic mass is 16.1. The molecule has 0 radical (unpaired) electrons. The third-order valence-electron chi connectivity index (χ3n) is 3.36. The molecule has 3 heteroatoms. The predicted molar refractivity (Wildman–Crippen MR) is 74.0 cm³/mol. The summed E-state index contributed by atoms with van der Waals surface area (Å²) in [5.41, 5.74) is 3.81. The molecule has 0 saturated carbocycles. The normalized spacial score (nSPS) is 10.8. The molecule has 0 aliphatic heterocycles. The van der Waals surface area contributed by atoms with Gasteiger partial charge in [-0.25, -0.2) is 4.79 Å². The fourth-order valence-corrected chi connectivity index (χ4v) is 2.25. The number of rotatable bonds is 4. The van der Waals surface area contributed by atoms with E-state index in [0.717, 1.165) is 13.0 Å². The lowest BCUT2D eigenvalue weighted by molar-refractivity contribution is 0.623. The zero-order valence-electron chi connectivity index (χ0n) is 11.3. The van der Waals surface area contributed by atoms with Crippen molar-refractivity contribution in [3.05, 3.63) is 57.8 Å². The van der Waals surface area contributed by atoms with Crippen molar-refractivity contribution < 1.29 is 0 Å². The van der Waals surface area contributed by atoms with Crippen LogP contribution in [0.15, 0.2) is 35.4 Å². The second-order valence-corrected chi connectivity index (χ2v) is 4.77. The molecule has 0 bridgehead atoms. The molecule has 0 aliphatic rings. The lowest BCUT2D eigenvalue weighted by atomic mass is 10.0. The van der Waals surface area contributed by atoms with Crippen molar-refractivity contribution in [3.63, 3.8) is 0 Å². The molecule has 3 nitrogen and oxygen atoms in total. The van der Waals surface area contributed by atoms with Gasteiger partial charge >= 0.3 is 5.69 Å². The van der Waals surface area contributed by atoms with E-state index < -0.39 is 0 Å². The van der Waals surface area contributed by atoms with Crippen LogP contribution in [0.2, 0.25) is 0 Å². The molecule has 96 valence electrons. The molecule has 0 amide bonds. The summed E-state index contributed by atoms with van der Waals surface area (Å²) in [5, 5.41) is 0. The lowest BCUT2D eigenvalue weighted by Crippen LogP contribution is -2.24. The van der Waals surface area contributed by atoms with Gasteiger partial charge in [-0.1, -0.05) is 25.1 Å². The minimum absolute atomic E-state index is 0.0829. The van der Waals surface area contributed by atoms with Gasteiger partial charge in [0.2, 0.25) is 0 Å². The summed E-state index contributed by atoms with van der Waals surface area (Å²) in [6.45, 7) is 7.72. The number of benzene rings is 1. The SMILES string of the molecule is CCCn1ccn(Cc2c(C)cccc2C)c1=O. The van der Waals surface area contributed by atoms with Gasteiger partial charge in [0, 0.05) is 18.9 Å². The molecule has 0 unspecified atom stereocenters. The summed E-state index contributed by atoms with van der Waals surface area (Å²) in [4.78, 5) is 12.1. The molecule has 0 N–H and O–H groups in total. The fraction of sp³-hybridized carbons (Fsp3) is 0.400. The molecule has 1 aromatic carbocycles. The Bertz CT molecular complexity index is 573. The third-order valence-corrected chi connectivity index (χ3v) is 3.36. The highest BCUT2D eigenvalue weighted by Gasteiger charge is 2.07. The molecule has 2 rings (SSSR count). The zero-order valence-corrected chi connectivity index (χ0v) is 11.3. The van der Waals surface area contributed by atoms with E-state index in [1.807, 2.05) is 12.4 Å². The maximum atomic E-state index is 12.1. The van der Waals surface area contributed by atoms with E-state index >= 15 is 0 Å². The van der Waals surface area contributed by atoms with Crippen LogP contribution >= 0.6 is 0 Å². The van der Waals surface area contributed by atoms with E-state index in [9.17, 15) is 4.79 Å². The van der Waals surface area contributed by atoms with Gasteiger partial charge in [-0.3, -0.25) is 9.13 Å². The summed E-state index contributed by atoms with van der Waals surface area (Å²) >= 11 is 0. The van der Waals surface area contributed by atoms with Crippen LogP contribution in [-0.4, -0.2) is 9.13 Å². The van der Waals surface area contributed by atoms with Crippen LogP contribution < -0.4 is 5.69 Å². The van der Waals surface area contributed by atoms with Gasteiger partial charge in [0.1, 0.15) is 0 Å². The summed E-state index contributed by atoms with van der Waals surface area (Å²) in [6.07, 6.45) is 4.73. The molecule has 0 atom stereocenters. The van der Waals surface area contributed by atoms with Gasteiger partial charge in [0.15, 0.2) is 0 Å². The van der Waals surface area contributed by atoms with Crippen molar-refractivity contribution in [1.29, 1.82) is 0 Å². The van der Waals surface area contributed by atoms with Crippen LogP contribution in [0.5, 0.6) is 0 Å². The number of hydrogen-bond donors (Lipinski definition) is 0.